The molecule has 1 aliphatic rings. The first-order valence-corrected chi connectivity index (χ1v) is 13.7. The minimum absolute atomic E-state index is 0.143. The quantitative estimate of drug-likeness (QED) is 0.488. The van der Waals surface area contributed by atoms with Gasteiger partial charge in [0.25, 0.3) is 0 Å². The number of nitrogens with zero attached hydrogens (tertiary/aromatic N) is 3. The zero-order chi connectivity index (χ0) is 25.9. The maximum absolute atomic E-state index is 13.6. The number of carbonyl (C=O) groups excluding carboxylic acids is 1. The van der Waals surface area contributed by atoms with Crippen LogP contribution in [0.25, 0.3) is 5.69 Å². The van der Waals surface area contributed by atoms with Gasteiger partial charge in [0.05, 0.1) is 11.5 Å². The van der Waals surface area contributed by atoms with Crippen molar-refractivity contribution in [2.45, 2.75) is 57.9 Å². The highest BCUT2D eigenvalue weighted by Gasteiger charge is 2.35. The lowest BCUT2D eigenvalue weighted by Crippen LogP contribution is -2.46. The van der Waals surface area contributed by atoms with E-state index >= 15 is 0 Å². The molecular weight excluding hydrogens is 476 g/mol. The van der Waals surface area contributed by atoms with Gasteiger partial charge in [-0.1, -0.05) is 24.1 Å². The molecule has 1 atom stereocenters. The first-order chi connectivity index (χ1) is 17.2. The first kappa shape index (κ1) is 26.1. The van der Waals surface area contributed by atoms with E-state index in [1.165, 1.54) is 0 Å². The molecule has 0 saturated carbocycles. The van der Waals surface area contributed by atoms with Crippen molar-refractivity contribution < 1.29 is 17.9 Å². The molecule has 2 heterocycles. The number of piperidine rings is 1. The molecule has 8 nitrogen and oxygen atoms in total. The fraction of sp³-hybridized carbons (Fsp3) is 0.407. The van der Waals surface area contributed by atoms with E-state index in [1.807, 2.05) is 74.9 Å². The van der Waals surface area contributed by atoms with E-state index in [9.17, 15) is 13.2 Å². The minimum atomic E-state index is -3.67. The number of anilines is 1. The summed E-state index contributed by atoms with van der Waals surface area (Å²) in [7, 11) is -3.67. The molecule has 1 aliphatic heterocycles. The monoisotopic (exact) mass is 510 g/mol. The summed E-state index contributed by atoms with van der Waals surface area (Å²) in [5, 5.41) is 2.83. The Kier molecular flexibility index (Phi) is 7.92. The number of benzene rings is 2. The standard InChI is InChI=1S/C27H34N4O4S/c1-19-15-20(2)27(21(3)16-19)36(33,34)31-13-6-5-7-25(31)17-35-18-26(32)29-23-8-10-24(11-9-23)30-14-12-28-22(30)4/h8-12,14-16,25H,5-7,13,17-18H2,1-4H3,(H,29,32). The number of aryl methyl sites for hydroxylation is 4. The topological polar surface area (TPSA) is 93.5 Å². The van der Waals surface area contributed by atoms with E-state index in [1.54, 1.807) is 10.5 Å². The SMILES string of the molecule is Cc1cc(C)c(S(=O)(=O)N2CCCCC2COCC(=O)Nc2ccc(-n3ccnc3C)cc2)c(C)c1. The molecule has 0 spiro atoms. The molecule has 0 aliphatic carbocycles. The van der Waals surface area contributed by atoms with Crippen molar-refractivity contribution in [1.82, 2.24) is 13.9 Å². The third-order valence-corrected chi connectivity index (χ3v) is 8.80. The molecule has 2 aromatic carbocycles. The van der Waals surface area contributed by atoms with Crippen LogP contribution in [0.1, 0.15) is 41.8 Å². The van der Waals surface area contributed by atoms with Gasteiger partial charge in [0.15, 0.2) is 0 Å². The molecule has 1 fully saturated rings. The molecule has 1 amide bonds. The fourth-order valence-corrected chi connectivity index (χ4v) is 7.08. The highest BCUT2D eigenvalue weighted by Crippen LogP contribution is 2.30. The number of aromatic nitrogens is 2. The summed E-state index contributed by atoms with van der Waals surface area (Å²) in [5.74, 6) is 0.601. The number of imidazole rings is 1. The maximum Gasteiger partial charge on any atom is 0.250 e. The summed E-state index contributed by atoms with van der Waals surface area (Å²) in [6, 6.07) is 11.0. The second-order valence-corrected chi connectivity index (χ2v) is 11.3. The van der Waals surface area contributed by atoms with Gasteiger partial charge in [0, 0.05) is 36.4 Å². The van der Waals surface area contributed by atoms with Gasteiger partial charge in [-0.05, 0) is 75.9 Å². The van der Waals surface area contributed by atoms with E-state index in [0.717, 1.165) is 41.0 Å². The van der Waals surface area contributed by atoms with Gasteiger partial charge in [-0.15, -0.1) is 0 Å². The Bertz CT molecular complexity index is 1310. The van der Waals surface area contributed by atoms with Gasteiger partial charge in [-0.25, -0.2) is 13.4 Å². The molecule has 1 N–H and O–H groups in total. The van der Waals surface area contributed by atoms with Gasteiger partial charge in [0.1, 0.15) is 12.4 Å². The Morgan fingerprint density at radius 3 is 2.42 bits per heavy atom. The largest absolute Gasteiger partial charge is 0.370 e. The van der Waals surface area contributed by atoms with E-state index < -0.39 is 10.0 Å². The van der Waals surface area contributed by atoms with E-state index in [4.69, 9.17) is 4.74 Å². The van der Waals surface area contributed by atoms with E-state index in [0.29, 0.717) is 23.5 Å². The predicted octanol–water partition coefficient (Wildman–Crippen LogP) is 4.30. The van der Waals surface area contributed by atoms with Crippen molar-refractivity contribution in [2.24, 2.45) is 0 Å². The molecule has 1 saturated heterocycles. The normalized spacial score (nSPS) is 16.7. The molecule has 1 unspecified atom stereocenters. The lowest BCUT2D eigenvalue weighted by molar-refractivity contribution is -0.121. The molecule has 3 aromatic rings. The molecule has 36 heavy (non-hydrogen) atoms. The molecule has 4 rings (SSSR count). The first-order valence-electron chi connectivity index (χ1n) is 12.2. The second kappa shape index (κ2) is 10.9. The van der Waals surface area contributed by atoms with Crippen molar-refractivity contribution in [3.05, 3.63) is 71.3 Å². The van der Waals surface area contributed by atoms with E-state index in [2.05, 4.69) is 10.3 Å². The lowest BCUT2D eigenvalue weighted by Gasteiger charge is -2.35. The second-order valence-electron chi connectivity index (χ2n) is 9.45. The van der Waals surface area contributed by atoms with Crippen LogP contribution in [0.2, 0.25) is 0 Å². The van der Waals surface area contributed by atoms with Crippen LogP contribution in [0.3, 0.4) is 0 Å². The van der Waals surface area contributed by atoms with Crippen LogP contribution in [0, 0.1) is 27.7 Å². The van der Waals surface area contributed by atoms with Crippen LogP contribution in [-0.4, -0.2) is 54.0 Å². The fourth-order valence-electron chi connectivity index (χ4n) is 4.99. The Labute approximate surface area is 213 Å². The van der Waals surface area contributed by atoms with Crippen molar-refractivity contribution >= 4 is 21.6 Å². The number of carbonyl (C=O) groups is 1. The van der Waals surface area contributed by atoms with Crippen LogP contribution in [0.5, 0.6) is 0 Å². The van der Waals surface area contributed by atoms with Crippen LogP contribution in [-0.2, 0) is 19.6 Å². The number of hydrogen-bond donors (Lipinski definition) is 1. The van der Waals surface area contributed by atoms with Gasteiger partial charge in [-0.3, -0.25) is 4.79 Å². The van der Waals surface area contributed by atoms with Crippen LogP contribution < -0.4 is 5.32 Å². The number of rotatable bonds is 8. The van der Waals surface area contributed by atoms with Crippen molar-refractivity contribution in [1.29, 1.82) is 0 Å². The highest BCUT2D eigenvalue weighted by molar-refractivity contribution is 7.89. The van der Waals surface area contributed by atoms with Crippen LogP contribution in [0.4, 0.5) is 5.69 Å². The van der Waals surface area contributed by atoms with Gasteiger partial charge in [0.2, 0.25) is 15.9 Å². The number of nitrogens with one attached hydrogen (secondary N) is 1. The molecule has 192 valence electrons. The zero-order valence-corrected chi connectivity index (χ0v) is 22.1. The summed E-state index contributed by atoms with van der Waals surface area (Å²) < 4.78 is 36.5. The molecule has 0 bridgehead atoms. The van der Waals surface area contributed by atoms with Crippen molar-refractivity contribution in [2.75, 3.05) is 25.1 Å². The molecular formula is C27H34N4O4S. The Morgan fingerprint density at radius 2 is 1.78 bits per heavy atom. The van der Waals surface area contributed by atoms with Gasteiger partial charge >= 0.3 is 0 Å². The Morgan fingerprint density at radius 1 is 1.08 bits per heavy atom. The molecule has 0 radical (unpaired) electrons. The van der Waals surface area contributed by atoms with Crippen LogP contribution >= 0.6 is 0 Å². The molecule has 1 aromatic heterocycles. The third kappa shape index (κ3) is 5.69. The van der Waals surface area contributed by atoms with E-state index in [-0.39, 0.29) is 25.2 Å². The van der Waals surface area contributed by atoms with Gasteiger partial charge < -0.3 is 14.6 Å². The lowest BCUT2D eigenvalue weighted by atomic mass is 10.1. The summed E-state index contributed by atoms with van der Waals surface area (Å²) in [6.07, 6.45) is 6.08. The minimum Gasteiger partial charge on any atom is -0.370 e. The predicted molar refractivity (Wildman–Crippen MR) is 140 cm³/mol. The summed E-state index contributed by atoms with van der Waals surface area (Å²) in [5.41, 5.74) is 4.17. The zero-order valence-electron chi connectivity index (χ0n) is 21.3. The number of sulfonamides is 1. The van der Waals surface area contributed by atoms with Crippen molar-refractivity contribution in [3.8, 4) is 5.69 Å². The number of amides is 1. The average molecular weight is 511 g/mol. The summed E-state index contributed by atoms with van der Waals surface area (Å²) >= 11 is 0. The maximum atomic E-state index is 13.6. The number of ether oxygens (including phenoxy) is 1. The molecule has 9 heteroatoms. The smallest absolute Gasteiger partial charge is 0.250 e. The number of hydrogen-bond acceptors (Lipinski definition) is 5. The third-order valence-electron chi connectivity index (χ3n) is 6.54. The highest BCUT2D eigenvalue weighted by atomic mass is 32.2. The Balaban J connectivity index is 1.36. The van der Waals surface area contributed by atoms with Gasteiger partial charge in [-0.2, -0.15) is 4.31 Å². The summed E-state index contributed by atoms with van der Waals surface area (Å²) in [6.45, 7) is 8.07. The van der Waals surface area contributed by atoms with Crippen LogP contribution in [0.15, 0.2) is 53.7 Å². The summed E-state index contributed by atoms with van der Waals surface area (Å²) in [4.78, 5) is 17.1. The Hall–Kier alpha value is -3.01. The van der Waals surface area contributed by atoms with Crippen molar-refractivity contribution in [3.63, 3.8) is 0 Å². The average Bonchev–Trinajstić information content (AvgIpc) is 3.25.